The van der Waals surface area contributed by atoms with Crippen LogP contribution in [0.3, 0.4) is 0 Å². The SMILES string of the molecule is CCc1cc(-c2cc(=O)c3c(o2)C=C(O)C=C(O)C3)cc2c1OC(C(C)(C)O)C2O. The van der Waals surface area contributed by atoms with E-state index in [2.05, 4.69) is 0 Å². The van der Waals surface area contributed by atoms with Gasteiger partial charge in [0.25, 0.3) is 0 Å². The largest absolute Gasteiger partial charge is 0.512 e. The van der Waals surface area contributed by atoms with Crippen LogP contribution in [-0.2, 0) is 12.8 Å². The van der Waals surface area contributed by atoms with Crippen molar-refractivity contribution in [3.8, 4) is 17.1 Å². The molecule has 0 bridgehead atoms. The molecule has 7 heteroatoms. The summed E-state index contributed by atoms with van der Waals surface area (Å²) in [7, 11) is 0. The first-order chi connectivity index (χ1) is 14.1. The zero-order valence-electron chi connectivity index (χ0n) is 17.0. The summed E-state index contributed by atoms with van der Waals surface area (Å²) in [6, 6.07) is 4.84. The van der Waals surface area contributed by atoms with Gasteiger partial charge in [-0.3, -0.25) is 4.79 Å². The van der Waals surface area contributed by atoms with E-state index >= 15 is 0 Å². The number of aliphatic hydroxyl groups is 4. The van der Waals surface area contributed by atoms with Gasteiger partial charge in [0, 0.05) is 41.3 Å². The van der Waals surface area contributed by atoms with Gasteiger partial charge in [0.05, 0.1) is 5.60 Å². The molecule has 0 saturated carbocycles. The van der Waals surface area contributed by atoms with E-state index in [1.165, 1.54) is 18.2 Å². The Morgan fingerprint density at radius 2 is 1.90 bits per heavy atom. The lowest BCUT2D eigenvalue weighted by Crippen LogP contribution is -2.41. The maximum Gasteiger partial charge on any atom is 0.189 e. The normalized spacial score (nSPS) is 20.6. The molecule has 0 spiro atoms. The van der Waals surface area contributed by atoms with Gasteiger partial charge < -0.3 is 29.6 Å². The van der Waals surface area contributed by atoms with Crippen molar-refractivity contribution >= 4 is 6.08 Å². The third-order valence-corrected chi connectivity index (χ3v) is 5.43. The highest BCUT2D eigenvalue weighted by Crippen LogP contribution is 2.45. The number of hydrogen-bond donors (Lipinski definition) is 4. The van der Waals surface area contributed by atoms with Crippen LogP contribution in [0.15, 0.2) is 45.0 Å². The molecule has 0 fully saturated rings. The lowest BCUT2D eigenvalue weighted by atomic mass is 9.92. The zero-order valence-corrected chi connectivity index (χ0v) is 17.0. The van der Waals surface area contributed by atoms with Crippen molar-refractivity contribution in [2.75, 3.05) is 0 Å². The first-order valence-corrected chi connectivity index (χ1v) is 9.80. The van der Waals surface area contributed by atoms with E-state index in [4.69, 9.17) is 9.15 Å². The number of aryl methyl sites for hydroxylation is 1. The van der Waals surface area contributed by atoms with Crippen LogP contribution in [-0.4, -0.2) is 32.1 Å². The Balaban J connectivity index is 1.85. The summed E-state index contributed by atoms with van der Waals surface area (Å²) >= 11 is 0. The second-order valence-electron chi connectivity index (χ2n) is 8.24. The van der Waals surface area contributed by atoms with Crippen LogP contribution in [0.2, 0.25) is 0 Å². The number of rotatable bonds is 3. The first kappa shape index (κ1) is 20.3. The van der Waals surface area contributed by atoms with Gasteiger partial charge in [-0.1, -0.05) is 6.92 Å². The van der Waals surface area contributed by atoms with Gasteiger partial charge in [0.2, 0.25) is 0 Å². The molecule has 4 rings (SSSR count). The standard InChI is InChI=1S/C23H24O7/c1-4-11-5-12(6-16-20(27)22(23(2,3)28)30-21(11)16)18-10-17(26)15-8-13(24)7-14(25)9-19(15)29-18/h5-7,9-10,20,22,24-25,27-28H,4,8H2,1-3H3. The Kier molecular flexibility index (Phi) is 4.75. The van der Waals surface area contributed by atoms with Gasteiger partial charge in [0.15, 0.2) is 11.5 Å². The minimum atomic E-state index is -1.25. The Hall–Kier alpha value is -3.03. The molecule has 1 aliphatic heterocycles. The van der Waals surface area contributed by atoms with Gasteiger partial charge in [-0.2, -0.15) is 0 Å². The number of aliphatic hydroxyl groups excluding tert-OH is 3. The Morgan fingerprint density at radius 1 is 1.17 bits per heavy atom. The smallest absolute Gasteiger partial charge is 0.189 e. The van der Waals surface area contributed by atoms with E-state index in [0.29, 0.717) is 23.3 Å². The average Bonchev–Trinajstić information content (AvgIpc) is 2.92. The lowest BCUT2D eigenvalue weighted by molar-refractivity contribution is -0.0764. The number of ether oxygens (including phenoxy) is 1. The Morgan fingerprint density at radius 3 is 2.57 bits per heavy atom. The maximum absolute atomic E-state index is 12.7. The minimum absolute atomic E-state index is 0.0390. The first-order valence-electron chi connectivity index (χ1n) is 9.80. The molecule has 1 aromatic carbocycles. The predicted octanol–water partition coefficient (Wildman–Crippen LogP) is 3.33. The van der Waals surface area contributed by atoms with E-state index in [0.717, 1.165) is 5.56 Å². The van der Waals surface area contributed by atoms with Gasteiger partial charge in [-0.05, 0) is 38.0 Å². The Labute approximate surface area is 173 Å². The highest BCUT2D eigenvalue weighted by molar-refractivity contribution is 5.66. The van der Waals surface area contributed by atoms with Crippen LogP contribution in [0.25, 0.3) is 17.4 Å². The van der Waals surface area contributed by atoms with Crippen molar-refractivity contribution in [1.29, 1.82) is 0 Å². The molecular formula is C23H24O7. The number of allylic oxidation sites excluding steroid dienone is 2. The molecule has 0 amide bonds. The third-order valence-electron chi connectivity index (χ3n) is 5.43. The minimum Gasteiger partial charge on any atom is -0.512 e. The molecule has 2 atom stereocenters. The number of hydrogen-bond acceptors (Lipinski definition) is 7. The topological polar surface area (TPSA) is 120 Å². The van der Waals surface area contributed by atoms with Crippen molar-refractivity contribution in [2.24, 2.45) is 0 Å². The van der Waals surface area contributed by atoms with E-state index in [1.54, 1.807) is 19.9 Å². The molecule has 1 aliphatic carbocycles. The van der Waals surface area contributed by atoms with E-state index in [1.807, 2.05) is 13.0 Å². The van der Waals surface area contributed by atoms with Crippen molar-refractivity contribution in [1.82, 2.24) is 0 Å². The second-order valence-corrected chi connectivity index (χ2v) is 8.24. The van der Waals surface area contributed by atoms with E-state index in [9.17, 15) is 25.2 Å². The molecule has 2 aromatic rings. The molecule has 1 aromatic heterocycles. The van der Waals surface area contributed by atoms with Crippen LogP contribution in [0.1, 0.15) is 49.3 Å². The fourth-order valence-electron chi connectivity index (χ4n) is 3.92. The molecule has 4 N–H and O–H groups in total. The maximum atomic E-state index is 12.7. The van der Waals surface area contributed by atoms with Crippen LogP contribution >= 0.6 is 0 Å². The number of fused-ring (bicyclic) bond motifs is 2. The van der Waals surface area contributed by atoms with Crippen molar-refractivity contribution in [3.05, 3.63) is 68.5 Å². The summed E-state index contributed by atoms with van der Waals surface area (Å²) in [4.78, 5) is 12.7. The molecule has 0 radical (unpaired) electrons. The fourth-order valence-corrected chi connectivity index (χ4v) is 3.92. The van der Waals surface area contributed by atoms with Gasteiger partial charge in [0.1, 0.15) is 34.9 Å². The van der Waals surface area contributed by atoms with Crippen LogP contribution < -0.4 is 10.2 Å². The van der Waals surface area contributed by atoms with Crippen LogP contribution in [0, 0.1) is 0 Å². The van der Waals surface area contributed by atoms with Gasteiger partial charge in [-0.25, -0.2) is 0 Å². The Bertz CT molecular complexity index is 1130. The number of benzene rings is 1. The predicted molar refractivity (Wildman–Crippen MR) is 110 cm³/mol. The summed E-state index contributed by atoms with van der Waals surface area (Å²) in [6.07, 6.45) is 1.17. The van der Waals surface area contributed by atoms with Crippen molar-refractivity contribution in [3.63, 3.8) is 0 Å². The molecular weight excluding hydrogens is 388 g/mol. The van der Waals surface area contributed by atoms with Crippen LogP contribution in [0.4, 0.5) is 0 Å². The van der Waals surface area contributed by atoms with E-state index < -0.39 is 17.8 Å². The molecule has 0 saturated heterocycles. The molecule has 2 unspecified atom stereocenters. The summed E-state index contributed by atoms with van der Waals surface area (Å²) in [5.41, 5.74) is 0.562. The van der Waals surface area contributed by atoms with Gasteiger partial charge in [-0.15, -0.1) is 0 Å². The summed E-state index contributed by atoms with van der Waals surface area (Å²) < 4.78 is 11.8. The second kappa shape index (κ2) is 7.04. The average molecular weight is 412 g/mol. The lowest BCUT2D eigenvalue weighted by Gasteiger charge is -2.27. The zero-order chi connectivity index (χ0) is 21.8. The highest BCUT2D eigenvalue weighted by atomic mass is 16.5. The fraction of sp³-hybridized carbons (Fsp3) is 0.348. The summed E-state index contributed by atoms with van der Waals surface area (Å²) in [5, 5.41) is 40.8. The summed E-state index contributed by atoms with van der Waals surface area (Å²) in [6.45, 7) is 5.09. The molecule has 2 aliphatic rings. The third kappa shape index (κ3) is 3.40. The molecule has 7 nitrogen and oxygen atoms in total. The molecule has 30 heavy (non-hydrogen) atoms. The molecule has 158 valence electrons. The van der Waals surface area contributed by atoms with Crippen LogP contribution in [0.5, 0.6) is 5.75 Å². The van der Waals surface area contributed by atoms with Crippen molar-refractivity contribution in [2.45, 2.75) is 51.4 Å². The van der Waals surface area contributed by atoms with Crippen molar-refractivity contribution < 1.29 is 29.6 Å². The molecule has 2 heterocycles. The highest BCUT2D eigenvalue weighted by Gasteiger charge is 2.43. The van der Waals surface area contributed by atoms with E-state index in [-0.39, 0.29) is 40.5 Å². The van der Waals surface area contributed by atoms with Gasteiger partial charge >= 0.3 is 0 Å². The summed E-state index contributed by atoms with van der Waals surface area (Å²) in [5.74, 6) is 0.614. The monoisotopic (exact) mass is 412 g/mol. The quantitative estimate of drug-likeness (QED) is 0.610.